The fraction of sp³-hybridized carbons (Fsp3) is 0.167. The van der Waals surface area contributed by atoms with E-state index in [9.17, 15) is 18.0 Å². The van der Waals surface area contributed by atoms with Gasteiger partial charge in [0.2, 0.25) is 0 Å². The summed E-state index contributed by atoms with van der Waals surface area (Å²) in [6.45, 7) is 1.50. The number of alkyl halides is 3. The van der Waals surface area contributed by atoms with Gasteiger partial charge in [-0.25, -0.2) is 9.67 Å². The summed E-state index contributed by atoms with van der Waals surface area (Å²) in [7, 11) is 0. The molecule has 1 N–H and O–H groups in total. The van der Waals surface area contributed by atoms with Gasteiger partial charge in [0.15, 0.2) is 6.10 Å². The van der Waals surface area contributed by atoms with Crippen molar-refractivity contribution in [3.8, 4) is 11.4 Å². The second-order valence-corrected chi connectivity index (χ2v) is 6.69. The first kappa shape index (κ1) is 19.9. The quantitative estimate of drug-likeness (QED) is 0.617. The van der Waals surface area contributed by atoms with Gasteiger partial charge in [-0.05, 0) is 49.4 Å². The van der Waals surface area contributed by atoms with Crippen LogP contribution in [0.3, 0.4) is 0 Å². The fourth-order valence-corrected chi connectivity index (χ4v) is 2.61. The van der Waals surface area contributed by atoms with Gasteiger partial charge in [-0.2, -0.15) is 18.3 Å². The number of benzene rings is 2. The summed E-state index contributed by atoms with van der Waals surface area (Å²) in [6, 6.07) is 9.80. The summed E-state index contributed by atoms with van der Waals surface area (Å²) in [5, 5.41) is 6.39. The molecule has 2 aromatic carbocycles. The number of ether oxygens (including phenoxy) is 1. The van der Waals surface area contributed by atoms with Gasteiger partial charge in [0.1, 0.15) is 18.4 Å². The highest BCUT2D eigenvalue weighted by molar-refractivity contribution is 9.10. The number of amides is 1. The van der Waals surface area contributed by atoms with Crippen LogP contribution in [0.15, 0.2) is 59.6 Å². The molecule has 1 amide bonds. The summed E-state index contributed by atoms with van der Waals surface area (Å²) in [6.07, 6.45) is -2.94. The van der Waals surface area contributed by atoms with Crippen LogP contribution in [0.2, 0.25) is 0 Å². The highest BCUT2D eigenvalue weighted by Crippen LogP contribution is 2.33. The largest absolute Gasteiger partial charge is 0.481 e. The Labute approximate surface area is 166 Å². The molecule has 0 saturated heterocycles. The van der Waals surface area contributed by atoms with Crippen molar-refractivity contribution in [3.63, 3.8) is 0 Å². The lowest BCUT2D eigenvalue weighted by molar-refractivity contribution is -0.137. The van der Waals surface area contributed by atoms with Crippen LogP contribution in [0.1, 0.15) is 12.5 Å². The summed E-state index contributed by atoms with van der Waals surface area (Å²) in [5.41, 5.74) is -0.709. The maximum absolute atomic E-state index is 13.1. The van der Waals surface area contributed by atoms with Crippen LogP contribution in [-0.4, -0.2) is 26.8 Å². The van der Waals surface area contributed by atoms with Crippen molar-refractivity contribution >= 4 is 27.5 Å². The molecule has 0 bridgehead atoms. The van der Waals surface area contributed by atoms with Gasteiger partial charge in [-0.15, -0.1) is 0 Å². The third kappa shape index (κ3) is 4.69. The maximum atomic E-state index is 13.1. The predicted octanol–water partition coefficient (Wildman–Crippen LogP) is 4.45. The van der Waals surface area contributed by atoms with E-state index >= 15 is 0 Å². The number of hydrogen-bond acceptors (Lipinski definition) is 4. The van der Waals surface area contributed by atoms with E-state index in [4.69, 9.17) is 4.74 Å². The molecule has 0 aliphatic heterocycles. The predicted molar refractivity (Wildman–Crippen MR) is 99.2 cm³/mol. The minimum atomic E-state index is -4.56. The normalized spacial score (nSPS) is 12.5. The van der Waals surface area contributed by atoms with Gasteiger partial charge >= 0.3 is 6.18 Å². The van der Waals surface area contributed by atoms with Gasteiger partial charge in [-0.3, -0.25) is 4.79 Å². The Morgan fingerprint density at radius 3 is 2.54 bits per heavy atom. The van der Waals surface area contributed by atoms with E-state index in [1.165, 1.54) is 30.3 Å². The Balaban J connectivity index is 1.84. The molecule has 3 aromatic rings. The fourth-order valence-electron chi connectivity index (χ4n) is 2.35. The van der Waals surface area contributed by atoms with Crippen molar-refractivity contribution < 1.29 is 22.7 Å². The van der Waals surface area contributed by atoms with Crippen molar-refractivity contribution in [2.45, 2.75) is 19.2 Å². The van der Waals surface area contributed by atoms with Crippen molar-refractivity contribution in [1.82, 2.24) is 14.8 Å². The SMILES string of the molecule is CC(Oc1ccc(Br)cc1)C(=O)Nc1cc(C(F)(F)F)ccc1-n1cncn1. The molecule has 0 fully saturated rings. The summed E-state index contributed by atoms with van der Waals surface area (Å²) in [5.74, 6) is -0.157. The zero-order chi connectivity index (χ0) is 20.3. The van der Waals surface area contributed by atoms with Gasteiger partial charge < -0.3 is 10.1 Å². The van der Waals surface area contributed by atoms with Crippen molar-refractivity contribution in [2.24, 2.45) is 0 Å². The van der Waals surface area contributed by atoms with E-state index in [1.54, 1.807) is 24.3 Å². The monoisotopic (exact) mass is 454 g/mol. The third-order valence-corrected chi connectivity index (χ3v) is 4.27. The number of nitrogens with zero attached hydrogens (tertiary/aromatic N) is 3. The van der Waals surface area contributed by atoms with Crippen LogP contribution in [0.25, 0.3) is 5.69 Å². The molecule has 0 aliphatic carbocycles. The van der Waals surface area contributed by atoms with Crippen LogP contribution in [0, 0.1) is 0 Å². The van der Waals surface area contributed by atoms with Crippen LogP contribution < -0.4 is 10.1 Å². The smallest absolute Gasteiger partial charge is 0.416 e. The van der Waals surface area contributed by atoms with Crippen molar-refractivity contribution in [3.05, 3.63) is 65.2 Å². The Bertz CT molecular complexity index is 960. The molecular formula is C18H14BrF3N4O2. The molecule has 146 valence electrons. The molecule has 1 aromatic heterocycles. The number of hydrogen-bond donors (Lipinski definition) is 1. The number of carbonyl (C=O) groups excluding carboxylic acids is 1. The molecule has 28 heavy (non-hydrogen) atoms. The summed E-state index contributed by atoms with van der Waals surface area (Å²) >= 11 is 3.29. The van der Waals surface area contributed by atoms with Gasteiger partial charge in [-0.1, -0.05) is 15.9 Å². The molecule has 6 nitrogen and oxygen atoms in total. The molecular weight excluding hydrogens is 441 g/mol. The summed E-state index contributed by atoms with van der Waals surface area (Å²) in [4.78, 5) is 16.3. The third-order valence-electron chi connectivity index (χ3n) is 3.74. The standard InChI is InChI=1S/C18H14BrF3N4O2/c1-11(28-14-5-3-13(19)4-6-14)17(27)25-15-8-12(18(20,21)22)2-7-16(15)26-10-23-9-24-26/h2-11H,1H3,(H,25,27). The van der Waals surface area contributed by atoms with Crippen molar-refractivity contribution in [1.29, 1.82) is 0 Å². The zero-order valence-corrected chi connectivity index (χ0v) is 16.0. The number of nitrogens with one attached hydrogen (secondary N) is 1. The number of aromatic nitrogens is 3. The lowest BCUT2D eigenvalue weighted by atomic mass is 10.1. The molecule has 0 aliphatic rings. The van der Waals surface area contributed by atoms with E-state index in [1.807, 2.05) is 0 Å². The number of halogens is 4. The molecule has 0 spiro atoms. The number of carbonyl (C=O) groups is 1. The molecule has 10 heteroatoms. The summed E-state index contributed by atoms with van der Waals surface area (Å²) < 4.78 is 46.9. The molecule has 1 atom stereocenters. The van der Waals surface area contributed by atoms with E-state index in [0.29, 0.717) is 5.75 Å². The van der Waals surface area contributed by atoms with Crippen LogP contribution >= 0.6 is 15.9 Å². The Hall–Kier alpha value is -2.88. The lowest BCUT2D eigenvalue weighted by Gasteiger charge is -2.18. The average molecular weight is 455 g/mol. The van der Waals surface area contributed by atoms with E-state index in [2.05, 4.69) is 31.3 Å². The molecule has 3 rings (SSSR count). The molecule has 0 saturated carbocycles. The molecule has 1 heterocycles. The molecule has 1 unspecified atom stereocenters. The maximum Gasteiger partial charge on any atom is 0.416 e. The van der Waals surface area contributed by atoms with Crippen molar-refractivity contribution in [2.75, 3.05) is 5.32 Å². The van der Waals surface area contributed by atoms with Gasteiger partial charge in [0.05, 0.1) is 16.9 Å². The van der Waals surface area contributed by atoms with Crippen LogP contribution in [-0.2, 0) is 11.0 Å². The lowest BCUT2D eigenvalue weighted by Crippen LogP contribution is -2.30. The minimum absolute atomic E-state index is 0.0587. The van der Waals surface area contributed by atoms with E-state index < -0.39 is 23.8 Å². The van der Waals surface area contributed by atoms with Crippen LogP contribution in [0.5, 0.6) is 5.75 Å². The van der Waals surface area contributed by atoms with E-state index in [-0.39, 0.29) is 11.4 Å². The Kier molecular flexibility index (Phi) is 5.68. The van der Waals surface area contributed by atoms with Crippen LogP contribution in [0.4, 0.5) is 18.9 Å². The number of anilines is 1. The molecule has 0 radical (unpaired) electrons. The van der Waals surface area contributed by atoms with Gasteiger partial charge in [0, 0.05) is 4.47 Å². The Morgan fingerprint density at radius 1 is 1.21 bits per heavy atom. The van der Waals surface area contributed by atoms with Gasteiger partial charge in [0.25, 0.3) is 5.91 Å². The Morgan fingerprint density at radius 2 is 1.93 bits per heavy atom. The minimum Gasteiger partial charge on any atom is -0.481 e. The highest BCUT2D eigenvalue weighted by Gasteiger charge is 2.31. The first-order valence-electron chi connectivity index (χ1n) is 8.03. The number of rotatable bonds is 5. The van der Waals surface area contributed by atoms with E-state index in [0.717, 1.165) is 16.6 Å². The zero-order valence-electron chi connectivity index (χ0n) is 14.4. The first-order chi connectivity index (χ1) is 13.2. The highest BCUT2D eigenvalue weighted by atomic mass is 79.9. The second-order valence-electron chi connectivity index (χ2n) is 5.77. The average Bonchev–Trinajstić information content (AvgIpc) is 3.17. The first-order valence-corrected chi connectivity index (χ1v) is 8.82. The topological polar surface area (TPSA) is 69.0 Å². The second kappa shape index (κ2) is 8.01.